The van der Waals surface area contributed by atoms with E-state index in [0.717, 1.165) is 19.3 Å². The second-order valence-corrected chi connectivity index (χ2v) is 6.75. The maximum Gasteiger partial charge on any atom is 0.320 e. The fourth-order valence-electron chi connectivity index (χ4n) is 3.94. The topological polar surface area (TPSA) is 69.6 Å². The zero-order chi connectivity index (χ0) is 15.4. The Labute approximate surface area is 127 Å². The molecule has 0 spiro atoms. The predicted molar refractivity (Wildman–Crippen MR) is 81.0 cm³/mol. The number of fused-ring (bicyclic) bond motifs is 1. The summed E-state index contributed by atoms with van der Waals surface area (Å²) in [6.45, 7) is 4.45. The number of likely N-dealkylation sites (tertiary alicyclic amines) is 1. The second kappa shape index (κ2) is 7.25. The molecule has 1 amide bonds. The van der Waals surface area contributed by atoms with Crippen LogP contribution in [0.4, 0.5) is 0 Å². The van der Waals surface area contributed by atoms with Crippen LogP contribution in [0.2, 0.25) is 0 Å². The van der Waals surface area contributed by atoms with E-state index in [1.54, 1.807) is 0 Å². The largest absolute Gasteiger partial charge is 0.480 e. The van der Waals surface area contributed by atoms with Crippen LogP contribution in [0.15, 0.2) is 0 Å². The van der Waals surface area contributed by atoms with Crippen LogP contribution in [0, 0.1) is 5.92 Å². The van der Waals surface area contributed by atoms with Gasteiger partial charge in [0.25, 0.3) is 0 Å². The van der Waals surface area contributed by atoms with Crippen LogP contribution in [0.25, 0.3) is 0 Å². The molecule has 1 saturated heterocycles. The first-order valence-electron chi connectivity index (χ1n) is 8.27. The molecule has 3 atom stereocenters. The maximum absolute atomic E-state index is 11.8. The minimum absolute atomic E-state index is 0.0204. The highest BCUT2D eigenvalue weighted by molar-refractivity contribution is 5.77. The molecule has 0 bridgehead atoms. The fraction of sp³-hybridized carbons (Fsp3) is 0.875. The molecule has 0 radical (unpaired) electrons. The van der Waals surface area contributed by atoms with Crippen LogP contribution in [0.5, 0.6) is 0 Å². The van der Waals surface area contributed by atoms with Gasteiger partial charge in [-0.3, -0.25) is 14.5 Å². The van der Waals surface area contributed by atoms with Crippen molar-refractivity contribution < 1.29 is 14.7 Å². The molecule has 1 heterocycles. The van der Waals surface area contributed by atoms with Gasteiger partial charge in [0.1, 0.15) is 6.04 Å². The van der Waals surface area contributed by atoms with Crippen LogP contribution in [0.1, 0.15) is 58.8 Å². The standard InChI is InChI=1S/C16H28N2O3/c1-11(2)17-15(19)9-10-18-13-6-4-3-5-12(13)7-8-14(18)16(20)21/h11-14H,3-10H2,1-2H3,(H,17,19)(H,20,21). The molecule has 2 aliphatic rings. The number of nitrogens with one attached hydrogen (secondary N) is 1. The van der Waals surface area contributed by atoms with Crippen LogP contribution < -0.4 is 5.32 Å². The van der Waals surface area contributed by atoms with Crippen molar-refractivity contribution in [3.63, 3.8) is 0 Å². The zero-order valence-electron chi connectivity index (χ0n) is 13.2. The molecule has 0 aromatic heterocycles. The van der Waals surface area contributed by atoms with Gasteiger partial charge in [-0.15, -0.1) is 0 Å². The monoisotopic (exact) mass is 296 g/mol. The lowest BCUT2D eigenvalue weighted by atomic mass is 9.76. The SMILES string of the molecule is CC(C)NC(=O)CCN1C(C(=O)O)CCC2CCCCC21. The molecular formula is C16H28N2O3. The Morgan fingerprint density at radius 2 is 1.90 bits per heavy atom. The normalized spacial score (nSPS) is 30.0. The lowest BCUT2D eigenvalue weighted by Gasteiger charge is -2.47. The van der Waals surface area contributed by atoms with Gasteiger partial charge < -0.3 is 10.4 Å². The average Bonchev–Trinajstić information content (AvgIpc) is 2.43. The highest BCUT2D eigenvalue weighted by Gasteiger charge is 2.41. The third-order valence-electron chi connectivity index (χ3n) is 4.84. The average molecular weight is 296 g/mol. The smallest absolute Gasteiger partial charge is 0.320 e. The molecule has 1 saturated carbocycles. The Kier molecular flexibility index (Phi) is 5.62. The first-order chi connectivity index (χ1) is 9.99. The molecule has 5 nitrogen and oxygen atoms in total. The van der Waals surface area contributed by atoms with Crippen molar-refractivity contribution in [1.82, 2.24) is 10.2 Å². The Morgan fingerprint density at radius 3 is 2.57 bits per heavy atom. The molecule has 2 rings (SSSR count). The van der Waals surface area contributed by atoms with Gasteiger partial charge in [-0.05, 0) is 45.4 Å². The summed E-state index contributed by atoms with van der Waals surface area (Å²) in [4.78, 5) is 25.5. The summed E-state index contributed by atoms with van der Waals surface area (Å²) in [7, 11) is 0. The molecule has 1 aliphatic carbocycles. The fourth-order valence-corrected chi connectivity index (χ4v) is 3.94. The van der Waals surface area contributed by atoms with E-state index in [-0.39, 0.29) is 11.9 Å². The Hall–Kier alpha value is -1.10. The van der Waals surface area contributed by atoms with E-state index in [2.05, 4.69) is 10.2 Å². The molecule has 5 heteroatoms. The second-order valence-electron chi connectivity index (χ2n) is 6.75. The molecule has 0 aromatic rings. The van der Waals surface area contributed by atoms with Gasteiger partial charge in [0.15, 0.2) is 0 Å². The summed E-state index contributed by atoms with van der Waals surface area (Å²) < 4.78 is 0. The van der Waals surface area contributed by atoms with Crippen molar-refractivity contribution in [1.29, 1.82) is 0 Å². The molecule has 3 unspecified atom stereocenters. The van der Waals surface area contributed by atoms with E-state index in [1.807, 2.05) is 13.8 Å². The lowest BCUT2D eigenvalue weighted by molar-refractivity contribution is -0.148. The zero-order valence-corrected chi connectivity index (χ0v) is 13.2. The number of aliphatic carboxylic acids is 1. The number of amides is 1. The van der Waals surface area contributed by atoms with E-state index in [0.29, 0.717) is 24.9 Å². The summed E-state index contributed by atoms with van der Waals surface area (Å²) in [5.74, 6) is -0.0853. The minimum atomic E-state index is -0.733. The van der Waals surface area contributed by atoms with E-state index >= 15 is 0 Å². The van der Waals surface area contributed by atoms with Gasteiger partial charge in [0, 0.05) is 25.0 Å². The van der Waals surface area contributed by atoms with Crippen LogP contribution in [-0.4, -0.2) is 46.6 Å². The maximum atomic E-state index is 11.8. The predicted octanol–water partition coefficient (Wildman–Crippen LogP) is 2.01. The number of rotatable bonds is 5. The van der Waals surface area contributed by atoms with Crippen molar-refractivity contribution in [2.45, 2.75) is 76.9 Å². The van der Waals surface area contributed by atoms with E-state index < -0.39 is 12.0 Å². The van der Waals surface area contributed by atoms with Gasteiger partial charge in [-0.1, -0.05) is 12.8 Å². The van der Waals surface area contributed by atoms with Crippen molar-refractivity contribution in [3.05, 3.63) is 0 Å². The molecule has 21 heavy (non-hydrogen) atoms. The molecule has 0 aromatic carbocycles. The summed E-state index contributed by atoms with van der Waals surface area (Å²) in [6, 6.07) is 0.0909. The quantitative estimate of drug-likeness (QED) is 0.814. The number of carbonyl (C=O) groups excluding carboxylic acids is 1. The van der Waals surface area contributed by atoms with Gasteiger partial charge in [0.05, 0.1) is 0 Å². The van der Waals surface area contributed by atoms with Crippen LogP contribution in [0.3, 0.4) is 0 Å². The van der Waals surface area contributed by atoms with Gasteiger partial charge in [0.2, 0.25) is 5.91 Å². The van der Waals surface area contributed by atoms with Gasteiger partial charge >= 0.3 is 5.97 Å². The third-order valence-corrected chi connectivity index (χ3v) is 4.84. The molecule has 1 aliphatic heterocycles. The highest BCUT2D eigenvalue weighted by Crippen LogP contribution is 2.37. The van der Waals surface area contributed by atoms with Gasteiger partial charge in [-0.2, -0.15) is 0 Å². The third kappa shape index (κ3) is 4.19. The van der Waals surface area contributed by atoms with Crippen molar-refractivity contribution in [2.75, 3.05) is 6.54 Å². The molecule has 120 valence electrons. The summed E-state index contributed by atoms with van der Waals surface area (Å²) in [5, 5.41) is 12.4. The number of carbonyl (C=O) groups is 2. The first-order valence-corrected chi connectivity index (χ1v) is 8.27. The number of carboxylic acids is 1. The number of hydrogen-bond acceptors (Lipinski definition) is 3. The highest BCUT2D eigenvalue weighted by atomic mass is 16.4. The van der Waals surface area contributed by atoms with E-state index in [4.69, 9.17) is 0 Å². The molecular weight excluding hydrogens is 268 g/mol. The Balaban J connectivity index is 1.99. The van der Waals surface area contributed by atoms with Crippen LogP contribution >= 0.6 is 0 Å². The molecule has 2 N–H and O–H groups in total. The summed E-state index contributed by atoms with van der Waals surface area (Å²) >= 11 is 0. The summed E-state index contributed by atoms with van der Waals surface area (Å²) in [6.07, 6.45) is 6.89. The van der Waals surface area contributed by atoms with E-state index in [1.165, 1.54) is 19.3 Å². The van der Waals surface area contributed by atoms with Crippen molar-refractivity contribution in [2.24, 2.45) is 5.92 Å². The van der Waals surface area contributed by atoms with Crippen LogP contribution in [-0.2, 0) is 9.59 Å². The Morgan fingerprint density at radius 1 is 1.19 bits per heavy atom. The number of carboxylic acid groups (broad SMARTS) is 1. The minimum Gasteiger partial charge on any atom is -0.480 e. The van der Waals surface area contributed by atoms with Crippen molar-refractivity contribution in [3.8, 4) is 0 Å². The lowest BCUT2D eigenvalue weighted by Crippen LogP contribution is -2.55. The molecule has 2 fully saturated rings. The number of hydrogen-bond donors (Lipinski definition) is 2. The number of nitrogens with zero attached hydrogens (tertiary/aromatic N) is 1. The first kappa shape index (κ1) is 16.3. The van der Waals surface area contributed by atoms with E-state index in [9.17, 15) is 14.7 Å². The Bertz CT molecular complexity index is 384. The van der Waals surface area contributed by atoms with Crippen molar-refractivity contribution >= 4 is 11.9 Å². The number of piperidine rings is 1. The van der Waals surface area contributed by atoms with Gasteiger partial charge in [-0.25, -0.2) is 0 Å². The summed E-state index contributed by atoms with van der Waals surface area (Å²) in [5.41, 5.74) is 0.